The molecule has 0 spiro atoms. The second-order valence-electron chi connectivity index (χ2n) is 4.22. The molecule has 0 radical (unpaired) electrons. The number of aliphatic carboxylic acids is 1. The lowest BCUT2D eigenvalue weighted by Gasteiger charge is -2.32. The van der Waals surface area contributed by atoms with Crippen molar-refractivity contribution in [2.75, 3.05) is 0 Å². The molecule has 0 aliphatic heterocycles. The highest BCUT2D eigenvalue weighted by molar-refractivity contribution is 5.71. The van der Waals surface area contributed by atoms with E-state index in [1.54, 1.807) is 0 Å². The molecule has 2 rings (SSSR count). The summed E-state index contributed by atoms with van der Waals surface area (Å²) in [6, 6.07) is 3.21. The van der Waals surface area contributed by atoms with Crippen LogP contribution < -0.4 is 0 Å². The smallest absolute Gasteiger partial charge is 0.306 e. The Balaban J connectivity index is 1.81. The van der Waals surface area contributed by atoms with Crippen molar-refractivity contribution >= 4 is 5.97 Å². The molecule has 0 amide bonds. The summed E-state index contributed by atoms with van der Waals surface area (Å²) >= 11 is 0. The number of rotatable bonds is 4. The number of carbonyl (C=O) groups is 1. The highest BCUT2D eigenvalue weighted by Gasteiger charge is 2.35. The molecule has 1 aliphatic rings. The van der Waals surface area contributed by atoms with Crippen LogP contribution in [0.2, 0.25) is 0 Å². The van der Waals surface area contributed by atoms with Crippen molar-refractivity contribution in [3.63, 3.8) is 0 Å². The zero-order valence-corrected chi connectivity index (χ0v) is 9.03. The van der Waals surface area contributed by atoms with Gasteiger partial charge in [-0.05, 0) is 30.5 Å². The van der Waals surface area contributed by atoms with Crippen LogP contribution in [-0.4, -0.2) is 17.2 Å². The van der Waals surface area contributed by atoms with Gasteiger partial charge in [-0.25, -0.2) is 8.78 Å². The quantitative estimate of drug-likeness (QED) is 0.881. The molecule has 3 nitrogen and oxygen atoms in total. The Bertz CT molecular complexity index is 408. The number of hydrogen-bond acceptors (Lipinski definition) is 2. The van der Waals surface area contributed by atoms with Crippen molar-refractivity contribution in [1.29, 1.82) is 0 Å². The molecule has 0 aromatic heterocycles. The van der Waals surface area contributed by atoms with E-state index in [2.05, 4.69) is 0 Å². The van der Waals surface area contributed by atoms with Gasteiger partial charge in [0, 0.05) is 6.07 Å². The lowest BCUT2D eigenvalue weighted by molar-refractivity contribution is -0.151. The largest absolute Gasteiger partial charge is 0.481 e. The second kappa shape index (κ2) is 4.79. The second-order valence-corrected chi connectivity index (χ2v) is 4.22. The van der Waals surface area contributed by atoms with Crippen molar-refractivity contribution < 1.29 is 23.4 Å². The number of hydrogen-bond donors (Lipinski definition) is 1. The van der Waals surface area contributed by atoms with Gasteiger partial charge in [0.25, 0.3) is 0 Å². The summed E-state index contributed by atoms with van der Waals surface area (Å²) in [6.45, 7) is 0.103. The number of benzene rings is 1. The average molecular weight is 242 g/mol. The highest BCUT2D eigenvalue weighted by atomic mass is 19.1. The van der Waals surface area contributed by atoms with E-state index in [1.165, 1.54) is 12.1 Å². The van der Waals surface area contributed by atoms with Crippen molar-refractivity contribution in [2.24, 2.45) is 5.92 Å². The minimum atomic E-state index is -0.818. The van der Waals surface area contributed by atoms with E-state index in [9.17, 15) is 13.6 Å². The predicted molar refractivity (Wildman–Crippen MR) is 55.3 cm³/mol. The summed E-state index contributed by atoms with van der Waals surface area (Å²) in [6.07, 6.45) is 0.808. The van der Waals surface area contributed by atoms with Gasteiger partial charge in [-0.3, -0.25) is 4.79 Å². The fourth-order valence-corrected chi connectivity index (χ4v) is 1.81. The van der Waals surface area contributed by atoms with Crippen LogP contribution in [0, 0.1) is 17.6 Å². The molecular formula is C12H12F2O3. The first kappa shape index (κ1) is 12.0. The van der Waals surface area contributed by atoms with Gasteiger partial charge in [-0.1, -0.05) is 0 Å². The van der Waals surface area contributed by atoms with Gasteiger partial charge in [0.15, 0.2) is 0 Å². The Morgan fingerprint density at radius 1 is 1.29 bits per heavy atom. The molecule has 5 heteroatoms. The summed E-state index contributed by atoms with van der Waals surface area (Å²) in [5, 5.41) is 8.65. The molecule has 0 atom stereocenters. The molecule has 1 saturated carbocycles. The number of halogens is 2. The Kier molecular flexibility index (Phi) is 3.38. The lowest BCUT2D eigenvalue weighted by Crippen LogP contribution is -2.36. The Labute approximate surface area is 97.0 Å². The molecule has 1 aliphatic carbocycles. The molecule has 17 heavy (non-hydrogen) atoms. The first-order chi connectivity index (χ1) is 8.04. The van der Waals surface area contributed by atoms with Gasteiger partial charge in [-0.15, -0.1) is 0 Å². The maximum Gasteiger partial charge on any atom is 0.306 e. The molecule has 1 aromatic rings. The first-order valence-electron chi connectivity index (χ1n) is 5.34. The average Bonchev–Trinajstić information content (AvgIpc) is 2.12. The molecule has 1 N–H and O–H groups in total. The summed E-state index contributed by atoms with van der Waals surface area (Å²) < 4.78 is 31.0. The number of ether oxygens (including phenoxy) is 1. The maximum absolute atomic E-state index is 12.8. The van der Waals surface area contributed by atoms with Gasteiger partial charge < -0.3 is 9.84 Å². The highest BCUT2D eigenvalue weighted by Crippen LogP contribution is 2.30. The van der Waals surface area contributed by atoms with Gasteiger partial charge in [0.05, 0.1) is 18.6 Å². The normalized spacial score (nSPS) is 23.2. The van der Waals surface area contributed by atoms with Crippen LogP contribution in [0.1, 0.15) is 18.4 Å². The van der Waals surface area contributed by atoms with Crippen LogP contribution in [0.3, 0.4) is 0 Å². The monoisotopic (exact) mass is 242 g/mol. The summed E-state index contributed by atoms with van der Waals surface area (Å²) in [4.78, 5) is 10.5. The van der Waals surface area contributed by atoms with Crippen molar-refractivity contribution in [2.45, 2.75) is 25.6 Å². The van der Waals surface area contributed by atoms with Crippen LogP contribution in [0.15, 0.2) is 18.2 Å². The zero-order valence-electron chi connectivity index (χ0n) is 9.03. The molecule has 0 heterocycles. The fourth-order valence-electron chi connectivity index (χ4n) is 1.81. The SMILES string of the molecule is O=C(O)C1CC(OCc2cc(F)cc(F)c2)C1. The third-order valence-corrected chi connectivity index (χ3v) is 2.85. The van der Waals surface area contributed by atoms with Gasteiger partial charge in [0.1, 0.15) is 11.6 Å². The van der Waals surface area contributed by atoms with Crippen molar-refractivity contribution in [3.05, 3.63) is 35.4 Å². The zero-order chi connectivity index (χ0) is 12.4. The number of carboxylic acids is 1. The van der Waals surface area contributed by atoms with Crippen LogP contribution in [0.25, 0.3) is 0 Å². The van der Waals surface area contributed by atoms with Crippen LogP contribution in [0.4, 0.5) is 8.78 Å². The summed E-state index contributed by atoms with van der Waals surface area (Å²) in [7, 11) is 0. The van der Waals surface area contributed by atoms with E-state index in [1.807, 2.05) is 0 Å². The maximum atomic E-state index is 12.8. The molecule has 0 saturated heterocycles. The van der Waals surface area contributed by atoms with E-state index in [0.717, 1.165) is 6.07 Å². The molecule has 0 bridgehead atoms. The van der Waals surface area contributed by atoms with Crippen LogP contribution in [0.5, 0.6) is 0 Å². The topological polar surface area (TPSA) is 46.5 Å². The Hall–Kier alpha value is -1.49. The summed E-state index contributed by atoms with van der Waals surface area (Å²) in [5.41, 5.74) is 0.418. The van der Waals surface area contributed by atoms with E-state index in [4.69, 9.17) is 9.84 Å². The molecular weight excluding hydrogens is 230 g/mol. The Morgan fingerprint density at radius 3 is 2.41 bits per heavy atom. The van der Waals surface area contributed by atoms with E-state index < -0.39 is 17.6 Å². The third-order valence-electron chi connectivity index (χ3n) is 2.85. The van der Waals surface area contributed by atoms with E-state index in [0.29, 0.717) is 18.4 Å². The molecule has 0 unspecified atom stereocenters. The predicted octanol–water partition coefficient (Wildman–Crippen LogP) is 2.34. The Morgan fingerprint density at radius 2 is 1.88 bits per heavy atom. The lowest BCUT2D eigenvalue weighted by atomic mass is 9.82. The van der Waals surface area contributed by atoms with E-state index >= 15 is 0 Å². The molecule has 92 valence electrons. The fraction of sp³-hybridized carbons (Fsp3) is 0.417. The van der Waals surface area contributed by atoms with Gasteiger partial charge in [0.2, 0.25) is 0 Å². The van der Waals surface area contributed by atoms with Gasteiger partial charge in [-0.2, -0.15) is 0 Å². The van der Waals surface area contributed by atoms with Crippen molar-refractivity contribution in [1.82, 2.24) is 0 Å². The van der Waals surface area contributed by atoms with Crippen molar-refractivity contribution in [3.8, 4) is 0 Å². The standard InChI is InChI=1S/C12H12F2O3/c13-9-1-7(2-10(14)5-9)6-17-11-3-8(4-11)12(15)16/h1-2,5,8,11H,3-4,6H2,(H,15,16). The minimum absolute atomic E-state index is 0.103. The van der Waals surface area contributed by atoms with Gasteiger partial charge >= 0.3 is 5.97 Å². The molecule has 1 fully saturated rings. The minimum Gasteiger partial charge on any atom is -0.481 e. The van der Waals surface area contributed by atoms with Crippen LogP contribution >= 0.6 is 0 Å². The van der Waals surface area contributed by atoms with Crippen LogP contribution in [-0.2, 0) is 16.1 Å². The summed E-state index contributed by atoms with van der Waals surface area (Å²) in [5.74, 6) is -2.44. The third kappa shape index (κ3) is 3.00. The van der Waals surface area contributed by atoms with E-state index in [-0.39, 0.29) is 18.6 Å². The first-order valence-corrected chi connectivity index (χ1v) is 5.34. The molecule has 1 aromatic carbocycles. The number of carboxylic acid groups (broad SMARTS) is 1.